The van der Waals surface area contributed by atoms with E-state index in [2.05, 4.69) is 22.8 Å². The molecule has 0 aromatic heterocycles. The Morgan fingerprint density at radius 3 is 2.76 bits per heavy atom. The molecule has 0 aliphatic carbocycles. The highest BCUT2D eigenvalue weighted by Gasteiger charge is 2.19. The molecular formula is C17H24N2O2. The van der Waals surface area contributed by atoms with E-state index in [4.69, 9.17) is 10.5 Å². The molecule has 1 aliphatic heterocycles. The normalized spacial score (nSPS) is 16.3. The van der Waals surface area contributed by atoms with Crippen LogP contribution in [0.2, 0.25) is 0 Å². The van der Waals surface area contributed by atoms with Crippen molar-refractivity contribution in [3.8, 4) is 17.6 Å². The number of ether oxygens (including phenoxy) is 1. The molecule has 1 aromatic carbocycles. The molecule has 114 valence electrons. The third-order valence-electron chi connectivity index (χ3n) is 3.97. The molecule has 0 amide bonds. The average Bonchev–Trinajstić information content (AvgIpc) is 2.54. The Bertz CT molecular complexity index is 511. The van der Waals surface area contributed by atoms with Gasteiger partial charge in [-0.3, -0.25) is 4.90 Å². The van der Waals surface area contributed by atoms with Gasteiger partial charge in [0.15, 0.2) is 0 Å². The maximum Gasteiger partial charge on any atom is 0.123 e. The number of piperidine rings is 1. The smallest absolute Gasteiger partial charge is 0.123 e. The molecule has 1 heterocycles. The van der Waals surface area contributed by atoms with Gasteiger partial charge in [-0.2, -0.15) is 0 Å². The van der Waals surface area contributed by atoms with Crippen molar-refractivity contribution >= 4 is 0 Å². The zero-order valence-corrected chi connectivity index (χ0v) is 12.6. The van der Waals surface area contributed by atoms with Crippen molar-refractivity contribution < 1.29 is 9.84 Å². The quantitative estimate of drug-likeness (QED) is 0.818. The zero-order valence-electron chi connectivity index (χ0n) is 12.6. The van der Waals surface area contributed by atoms with Gasteiger partial charge < -0.3 is 15.6 Å². The minimum absolute atomic E-state index is 0.307. The van der Waals surface area contributed by atoms with Gasteiger partial charge in [0.25, 0.3) is 0 Å². The molecule has 1 fully saturated rings. The molecule has 21 heavy (non-hydrogen) atoms. The fourth-order valence-corrected chi connectivity index (χ4v) is 2.70. The number of likely N-dealkylation sites (tertiary alicyclic amines) is 1. The van der Waals surface area contributed by atoms with Gasteiger partial charge in [0.05, 0.1) is 13.7 Å². The summed E-state index contributed by atoms with van der Waals surface area (Å²) in [5.74, 6) is 7.31. The van der Waals surface area contributed by atoms with Gasteiger partial charge in [0, 0.05) is 24.3 Å². The van der Waals surface area contributed by atoms with E-state index in [1.54, 1.807) is 7.11 Å². The highest BCUT2D eigenvalue weighted by atomic mass is 16.5. The van der Waals surface area contributed by atoms with E-state index in [-0.39, 0.29) is 0 Å². The lowest BCUT2D eigenvalue weighted by atomic mass is 9.97. The molecule has 0 bridgehead atoms. The van der Waals surface area contributed by atoms with Crippen LogP contribution in [0.5, 0.6) is 5.75 Å². The molecule has 0 atom stereocenters. The number of nitrogens with zero attached hydrogens (tertiary/aromatic N) is 1. The predicted molar refractivity (Wildman–Crippen MR) is 84.0 cm³/mol. The van der Waals surface area contributed by atoms with Crippen molar-refractivity contribution in [3.05, 3.63) is 29.3 Å². The van der Waals surface area contributed by atoms with Gasteiger partial charge in [0.1, 0.15) is 5.75 Å². The minimum Gasteiger partial charge on any atom is -0.496 e. The molecule has 1 saturated heterocycles. The van der Waals surface area contributed by atoms with E-state index in [9.17, 15) is 5.11 Å². The maximum atomic E-state index is 9.20. The Kier molecular flexibility index (Phi) is 6.06. The number of aliphatic hydroxyl groups is 1. The molecule has 4 heteroatoms. The zero-order chi connectivity index (χ0) is 15.1. The molecule has 3 N–H and O–H groups in total. The summed E-state index contributed by atoms with van der Waals surface area (Å²) in [5.41, 5.74) is 7.55. The van der Waals surface area contributed by atoms with Crippen LogP contribution in [-0.4, -0.2) is 43.4 Å². The fourth-order valence-electron chi connectivity index (χ4n) is 2.70. The molecular weight excluding hydrogens is 264 g/mol. The second-order valence-electron chi connectivity index (χ2n) is 5.43. The average molecular weight is 288 g/mol. The highest BCUT2D eigenvalue weighted by Crippen LogP contribution is 2.24. The Balaban J connectivity index is 2.07. The summed E-state index contributed by atoms with van der Waals surface area (Å²) in [6.07, 6.45) is 2.12. The van der Waals surface area contributed by atoms with Crippen molar-refractivity contribution in [1.82, 2.24) is 4.90 Å². The van der Waals surface area contributed by atoms with Gasteiger partial charge in [0.2, 0.25) is 0 Å². The first-order valence-corrected chi connectivity index (χ1v) is 7.46. The van der Waals surface area contributed by atoms with Gasteiger partial charge in [-0.25, -0.2) is 0 Å². The van der Waals surface area contributed by atoms with E-state index < -0.39 is 0 Å². The predicted octanol–water partition coefficient (Wildman–Crippen LogP) is 1.21. The second-order valence-corrected chi connectivity index (χ2v) is 5.43. The van der Waals surface area contributed by atoms with Crippen molar-refractivity contribution in [3.63, 3.8) is 0 Å². The Hall–Kier alpha value is -1.54. The molecule has 0 radical (unpaired) electrons. The molecule has 0 spiro atoms. The topological polar surface area (TPSA) is 58.7 Å². The van der Waals surface area contributed by atoms with Crippen LogP contribution in [0.15, 0.2) is 18.2 Å². The lowest BCUT2D eigenvalue weighted by molar-refractivity contribution is 0.127. The number of hydrogen-bond donors (Lipinski definition) is 2. The van der Waals surface area contributed by atoms with E-state index in [0.29, 0.717) is 19.1 Å². The molecule has 1 aromatic rings. The fraction of sp³-hybridized carbons (Fsp3) is 0.529. The van der Waals surface area contributed by atoms with Crippen LogP contribution in [0, 0.1) is 17.8 Å². The Morgan fingerprint density at radius 1 is 1.38 bits per heavy atom. The number of hydrogen-bond acceptors (Lipinski definition) is 4. The van der Waals surface area contributed by atoms with Crippen LogP contribution in [0.1, 0.15) is 24.0 Å². The van der Waals surface area contributed by atoms with Gasteiger partial charge in [-0.15, -0.1) is 0 Å². The summed E-state index contributed by atoms with van der Waals surface area (Å²) in [7, 11) is 1.70. The van der Waals surface area contributed by atoms with E-state index in [1.807, 2.05) is 12.1 Å². The van der Waals surface area contributed by atoms with Crippen LogP contribution in [0.25, 0.3) is 0 Å². The first-order valence-electron chi connectivity index (χ1n) is 7.46. The highest BCUT2D eigenvalue weighted by molar-refractivity contribution is 5.44. The summed E-state index contributed by atoms with van der Waals surface area (Å²) in [6.45, 7) is 3.58. The van der Waals surface area contributed by atoms with E-state index in [0.717, 1.165) is 49.4 Å². The second kappa shape index (κ2) is 8.04. The maximum absolute atomic E-state index is 9.20. The third kappa shape index (κ3) is 4.47. The number of nitrogens with two attached hydrogens (primary N) is 1. The third-order valence-corrected chi connectivity index (χ3v) is 3.97. The van der Waals surface area contributed by atoms with Crippen LogP contribution in [0.3, 0.4) is 0 Å². The summed E-state index contributed by atoms with van der Waals surface area (Å²) in [5, 5.41) is 9.20. The number of methoxy groups -OCH3 is 1. The first kappa shape index (κ1) is 15.8. The first-order chi connectivity index (χ1) is 10.3. The van der Waals surface area contributed by atoms with Gasteiger partial charge >= 0.3 is 0 Å². The van der Waals surface area contributed by atoms with Crippen LogP contribution in [0.4, 0.5) is 0 Å². The molecule has 0 unspecified atom stereocenters. The largest absolute Gasteiger partial charge is 0.496 e. The van der Waals surface area contributed by atoms with Crippen LogP contribution >= 0.6 is 0 Å². The van der Waals surface area contributed by atoms with Gasteiger partial charge in [-0.1, -0.05) is 11.8 Å². The van der Waals surface area contributed by atoms with Crippen molar-refractivity contribution in [2.45, 2.75) is 19.4 Å². The molecule has 1 aliphatic rings. The van der Waals surface area contributed by atoms with Crippen LogP contribution < -0.4 is 10.5 Å². The van der Waals surface area contributed by atoms with Gasteiger partial charge in [-0.05, 0) is 50.0 Å². The SMILES string of the molecule is COc1ccc(C#CCN)cc1CN1CCC(CO)CC1. The summed E-state index contributed by atoms with van der Waals surface area (Å²) in [4.78, 5) is 2.41. The number of aliphatic hydroxyl groups excluding tert-OH is 1. The summed E-state index contributed by atoms with van der Waals surface area (Å²) < 4.78 is 5.45. The molecule has 2 rings (SSSR count). The summed E-state index contributed by atoms with van der Waals surface area (Å²) in [6, 6.07) is 6.01. The number of rotatable bonds is 4. The van der Waals surface area contributed by atoms with Crippen molar-refractivity contribution in [2.75, 3.05) is 33.4 Å². The lowest BCUT2D eigenvalue weighted by Crippen LogP contribution is -2.34. The van der Waals surface area contributed by atoms with Crippen molar-refractivity contribution in [2.24, 2.45) is 11.7 Å². The lowest BCUT2D eigenvalue weighted by Gasteiger charge is -2.31. The summed E-state index contributed by atoms with van der Waals surface area (Å²) >= 11 is 0. The molecule has 4 nitrogen and oxygen atoms in total. The Labute approximate surface area is 126 Å². The van der Waals surface area contributed by atoms with E-state index >= 15 is 0 Å². The number of benzene rings is 1. The minimum atomic E-state index is 0.307. The van der Waals surface area contributed by atoms with Crippen LogP contribution in [-0.2, 0) is 6.54 Å². The monoisotopic (exact) mass is 288 g/mol. The Morgan fingerprint density at radius 2 is 2.14 bits per heavy atom. The van der Waals surface area contributed by atoms with E-state index in [1.165, 1.54) is 0 Å². The van der Waals surface area contributed by atoms with Crippen molar-refractivity contribution in [1.29, 1.82) is 0 Å². The molecule has 0 saturated carbocycles. The standard InChI is InChI=1S/C17H24N2O2/c1-21-17-5-4-14(3-2-8-18)11-16(17)12-19-9-6-15(13-20)7-10-19/h4-5,11,15,20H,6-10,12-13,18H2,1H3.